The van der Waals surface area contributed by atoms with Crippen molar-refractivity contribution in [3.8, 4) is 0 Å². The molecule has 5 N–H and O–H groups in total. The molecule has 0 radical (unpaired) electrons. The van der Waals surface area contributed by atoms with Gasteiger partial charge in [0.15, 0.2) is 0 Å². The van der Waals surface area contributed by atoms with E-state index < -0.39 is 11.7 Å². The Bertz CT molecular complexity index is 252. The van der Waals surface area contributed by atoms with E-state index in [0.717, 1.165) is 0 Å². The van der Waals surface area contributed by atoms with Crippen LogP contribution < -0.4 is 11.4 Å². The first-order valence-electron chi connectivity index (χ1n) is 2.75. The van der Waals surface area contributed by atoms with Crippen LogP contribution in [-0.2, 0) is 0 Å². The highest BCUT2D eigenvalue weighted by molar-refractivity contribution is 4.88. The Morgan fingerprint density at radius 1 is 1.80 bits per heavy atom. The van der Waals surface area contributed by atoms with Crippen molar-refractivity contribution in [2.75, 3.05) is 6.61 Å². The van der Waals surface area contributed by atoms with Gasteiger partial charge in [-0.2, -0.15) is 5.10 Å². The Balaban J connectivity index is 2.84. The Kier molecular flexibility index (Phi) is 1.83. The van der Waals surface area contributed by atoms with Crippen molar-refractivity contribution in [2.24, 2.45) is 5.73 Å². The first-order valence-corrected chi connectivity index (χ1v) is 2.75. The van der Waals surface area contributed by atoms with Gasteiger partial charge in [0.1, 0.15) is 5.82 Å². The zero-order valence-electron chi connectivity index (χ0n) is 5.16. The van der Waals surface area contributed by atoms with E-state index in [2.05, 4.69) is 15.2 Å². The van der Waals surface area contributed by atoms with Crippen LogP contribution in [-0.4, -0.2) is 26.9 Å². The van der Waals surface area contributed by atoms with Gasteiger partial charge >= 0.3 is 5.69 Å². The molecule has 0 amide bonds. The summed E-state index contributed by atoms with van der Waals surface area (Å²) >= 11 is 0. The maximum absolute atomic E-state index is 10.4. The van der Waals surface area contributed by atoms with Gasteiger partial charge in [-0.15, -0.1) is 0 Å². The van der Waals surface area contributed by atoms with Crippen LogP contribution in [0.4, 0.5) is 0 Å². The molecule has 1 heterocycles. The monoisotopic (exact) mass is 144 g/mol. The Hall–Kier alpha value is -1.14. The molecule has 0 saturated heterocycles. The van der Waals surface area contributed by atoms with E-state index in [1.54, 1.807) is 0 Å². The zero-order valence-corrected chi connectivity index (χ0v) is 5.16. The molecule has 1 aromatic rings. The van der Waals surface area contributed by atoms with Gasteiger partial charge in [-0.25, -0.2) is 9.89 Å². The summed E-state index contributed by atoms with van der Waals surface area (Å²) in [5, 5.41) is 14.1. The van der Waals surface area contributed by atoms with E-state index in [4.69, 9.17) is 10.8 Å². The van der Waals surface area contributed by atoms with Crippen LogP contribution >= 0.6 is 0 Å². The summed E-state index contributed by atoms with van der Waals surface area (Å²) in [6.07, 6.45) is 0. The molecule has 1 rings (SSSR count). The van der Waals surface area contributed by atoms with Crippen LogP contribution in [0.3, 0.4) is 0 Å². The highest BCUT2D eigenvalue weighted by Gasteiger charge is 2.06. The third kappa shape index (κ3) is 1.23. The molecule has 1 atom stereocenters. The van der Waals surface area contributed by atoms with Gasteiger partial charge in [0.05, 0.1) is 12.6 Å². The van der Waals surface area contributed by atoms with E-state index in [1.807, 2.05) is 0 Å². The smallest absolute Gasteiger partial charge is 0.340 e. The standard InChI is InChI=1S/C4H8N4O2/c5-2(1-9)3-6-4(10)8-7-3/h2,9H,1,5H2,(H2,6,7,8,10). The number of aliphatic hydroxyl groups is 1. The molecule has 6 nitrogen and oxygen atoms in total. The zero-order chi connectivity index (χ0) is 7.56. The molecule has 0 saturated carbocycles. The quantitative estimate of drug-likeness (QED) is 0.388. The van der Waals surface area contributed by atoms with Crippen molar-refractivity contribution < 1.29 is 5.11 Å². The van der Waals surface area contributed by atoms with Crippen LogP contribution in [0.5, 0.6) is 0 Å². The molecule has 0 aliphatic rings. The van der Waals surface area contributed by atoms with Crippen LogP contribution in [0.15, 0.2) is 4.79 Å². The number of nitrogens with two attached hydrogens (primary N) is 1. The van der Waals surface area contributed by atoms with E-state index in [9.17, 15) is 4.79 Å². The summed E-state index contributed by atoms with van der Waals surface area (Å²) in [6, 6.07) is -0.612. The predicted molar refractivity (Wildman–Crippen MR) is 33.2 cm³/mol. The molecule has 0 aromatic carbocycles. The minimum absolute atomic E-state index is 0.235. The SMILES string of the molecule is NC(CO)c1n[nH]c(=O)[nH]1. The molecule has 6 heteroatoms. The number of nitrogens with zero attached hydrogens (tertiary/aromatic N) is 1. The second-order valence-electron chi connectivity index (χ2n) is 1.85. The molecule has 0 aliphatic carbocycles. The van der Waals surface area contributed by atoms with Gasteiger partial charge in [-0.1, -0.05) is 0 Å². The Morgan fingerprint density at radius 2 is 2.50 bits per heavy atom. The minimum atomic E-state index is -0.612. The fraction of sp³-hybridized carbons (Fsp3) is 0.500. The fourth-order valence-corrected chi connectivity index (χ4v) is 0.545. The number of rotatable bonds is 2. The number of aliphatic hydroxyl groups excluding tert-OH is 1. The lowest BCUT2D eigenvalue weighted by atomic mass is 10.3. The summed E-state index contributed by atoms with van der Waals surface area (Å²) < 4.78 is 0. The summed E-state index contributed by atoms with van der Waals surface area (Å²) in [6.45, 7) is -0.235. The summed E-state index contributed by atoms with van der Waals surface area (Å²) in [7, 11) is 0. The van der Waals surface area contributed by atoms with Gasteiger partial charge in [-0.3, -0.25) is 4.98 Å². The van der Waals surface area contributed by atoms with E-state index in [-0.39, 0.29) is 12.4 Å². The first-order chi connectivity index (χ1) is 4.74. The summed E-state index contributed by atoms with van der Waals surface area (Å²) in [5.74, 6) is 0.271. The molecular formula is C4H8N4O2. The summed E-state index contributed by atoms with van der Waals surface area (Å²) in [5.41, 5.74) is 4.89. The lowest BCUT2D eigenvalue weighted by molar-refractivity contribution is 0.263. The molecule has 0 fully saturated rings. The number of hydrogen-bond acceptors (Lipinski definition) is 4. The van der Waals surface area contributed by atoms with Crippen LogP contribution in [0.1, 0.15) is 11.9 Å². The largest absolute Gasteiger partial charge is 0.394 e. The topological polar surface area (TPSA) is 108 Å². The molecule has 1 aromatic heterocycles. The molecule has 10 heavy (non-hydrogen) atoms. The maximum Gasteiger partial charge on any atom is 0.340 e. The lowest BCUT2D eigenvalue weighted by Crippen LogP contribution is -2.16. The van der Waals surface area contributed by atoms with Crippen molar-refractivity contribution in [3.05, 3.63) is 16.3 Å². The highest BCUT2D eigenvalue weighted by Crippen LogP contribution is 1.96. The van der Waals surface area contributed by atoms with Crippen molar-refractivity contribution in [2.45, 2.75) is 6.04 Å². The number of aromatic amines is 2. The molecule has 0 spiro atoms. The van der Waals surface area contributed by atoms with Crippen molar-refractivity contribution >= 4 is 0 Å². The Labute approximate surface area is 56.1 Å². The predicted octanol–water partition coefficient (Wildman–Crippen LogP) is -1.91. The van der Waals surface area contributed by atoms with Gasteiger partial charge in [-0.05, 0) is 0 Å². The average molecular weight is 144 g/mol. The highest BCUT2D eigenvalue weighted by atomic mass is 16.3. The van der Waals surface area contributed by atoms with Crippen molar-refractivity contribution in [1.29, 1.82) is 0 Å². The molecule has 0 bridgehead atoms. The third-order valence-electron chi connectivity index (χ3n) is 1.07. The number of H-pyrrole nitrogens is 2. The Morgan fingerprint density at radius 3 is 2.90 bits per heavy atom. The number of nitrogens with one attached hydrogen (secondary N) is 2. The maximum atomic E-state index is 10.4. The number of hydrogen-bond donors (Lipinski definition) is 4. The second-order valence-corrected chi connectivity index (χ2v) is 1.85. The van der Waals surface area contributed by atoms with Crippen LogP contribution in [0.2, 0.25) is 0 Å². The van der Waals surface area contributed by atoms with Gasteiger partial charge in [0.25, 0.3) is 0 Å². The fourth-order valence-electron chi connectivity index (χ4n) is 0.545. The lowest BCUT2D eigenvalue weighted by Gasteiger charge is -1.99. The van der Waals surface area contributed by atoms with Gasteiger partial charge < -0.3 is 10.8 Å². The molecule has 56 valence electrons. The van der Waals surface area contributed by atoms with Crippen molar-refractivity contribution in [3.63, 3.8) is 0 Å². The average Bonchev–Trinajstić information content (AvgIpc) is 2.34. The van der Waals surface area contributed by atoms with E-state index >= 15 is 0 Å². The van der Waals surface area contributed by atoms with Crippen molar-refractivity contribution in [1.82, 2.24) is 15.2 Å². The second kappa shape index (κ2) is 2.63. The van der Waals surface area contributed by atoms with Gasteiger partial charge in [0.2, 0.25) is 0 Å². The molecular weight excluding hydrogens is 136 g/mol. The van der Waals surface area contributed by atoms with Gasteiger partial charge in [0, 0.05) is 0 Å². The van der Waals surface area contributed by atoms with Crippen LogP contribution in [0.25, 0.3) is 0 Å². The van der Waals surface area contributed by atoms with Crippen LogP contribution in [0, 0.1) is 0 Å². The number of aromatic nitrogens is 3. The first kappa shape index (κ1) is 6.97. The minimum Gasteiger partial charge on any atom is -0.394 e. The third-order valence-corrected chi connectivity index (χ3v) is 1.07. The summed E-state index contributed by atoms with van der Waals surface area (Å²) in [4.78, 5) is 12.7. The molecule has 0 aliphatic heterocycles. The van der Waals surface area contributed by atoms with E-state index in [0.29, 0.717) is 0 Å². The van der Waals surface area contributed by atoms with E-state index in [1.165, 1.54) is 0 Å². The molecule has 1 unspecified atom stereocenters. The normalized spacial score (nSPS) is 13.4.